The van der Waals surface area contributed by atoms with E-state index < -0.39 is 0 Å². The molecule has 2 aromatic carbocycles. The van der Waals surface area contributed by atoms with Crippen molar-refractivity contribution in [3.8, 4) is 11.1 Å². The standard InChI is InChI=1S/C15H11FO/c16-12-7-4-10(5-8-12)13-3-1-2-11-6-9-14(17)15(11)13/h1-5,7-8H,6,9H2. The van der Waals surface area contributed by atoms with Crippen molar-refractivity contribution in [2.24, 2.45) is 0 Å². The summed E-state index contributed by atoms with van der Waals surface area (Å²) in [5.74, 6) is -0.0624. The number of ketones is 1. The molecule has 0 aromatic heterocycles. The van der Waals surface area contributed by atoms with Gasteiger partial charge in [-0.25, -0.2) is 4.39 Å². The fourth-order valence-corrected chi connectivity index (χ4v) is 2.38. The minimum Gasteiger partial charge on any atom is -0.294 e. The van der Waals surface area contributed by atoms with Gasteiger partial charge in [-0.05, 0) is 35.2 Å². The number of Topliss-reactive ketones (excluding diaryl/α,β-unsaturated/α-hetero) is 1. The van der Waals surface area contributed by atoms with Gasteiger partial charge in [0.15, 0.2) is 5.78 Å². The lowest BCUT2D eigenvalue weighted by molar-refractivity contribution is 0.0995. The third kappa shape index (κ3) is 1.66. The molecular weight excluding hydrogens is 215 g/mol. The number of fused-ring (bicyclic) bond motifs is 1. The van der Waals surface area contributed by atoms with Gasteiger partial charge in [0.2, 0.25) is 0 Å². The maximum absolute atomic E-state index is 12.9. The highest BCUT2D eigenvalue weighted by Crippen LogP contribution is 2.32. The van der Waals surface area contributed by atoms with Crippen LogP contribution >= 0.6 is 0 Å². The van der Waals surface area contributed by atoms with Crippen LogP contribution in [0.2, 0.25) is 0 Å². The molecule has 84 valence electrons. The first-order valence-electron chi connectivity index (χ1n) is 5.67. The molecule has 0 saturated carbocycles. The van der Waals surface area contributed by atoms with Gasteiger partial charge >= 0.3 is 0 Å². The van der Waals surface area contributed by atoms with E-state index in [0.717, 1.165) is 28.7 Å². The topological polar surface area (TPSA) is 17.1 Å². The van der Waals surface area contributed by atoms with Crippen molar-refractivity contribution in [3.05, 3.63) is 59.4 Å². The zero-order chi connectivity index (χ0) is 11.8. The van der Waals surface area contributed by atoms with E-state index in [9.17, 15) is 9.18 Å². The normalized spacial score (nSPS) is 13.8. The average molecular weight is 226 g/mol. The Labute approximate surface area is 98.9 Å². The van der Waals surface area contributed by atoms with Gasteiger partial charge in [0.05, 0.1) is 0 Å². The van der Waals surface area contributed by atoms with Gasteiger partial charge in [0, 0.05) is 12.0 Å². The summed E-state index contributed by atoms with van der Waals surface area (Å²) in [4.78, 5) is 11.9. The molecule has 1 nitrogen and oxygen atoms in total. The van der Waals surface area contributed by atoms with E-state index in [4.69, 9.17) is 0 Å². The fraction of sp³-hybridized carbons (Fsp3) is 0.133. The van der Waals surface area contributed by atoms with E-state index in [-0.39, 0.29) is 11.6 Å². The van der Waals surface area contributed by atoms with Crippen molar-refractivity contribution in [1.29, 1.82) is 0 Å². The highest BCUT2D eigenvalue weighted by atomic mass is 19.1. The summed E-state index contributed by atoms with van der Waals surface area (Å²) in [6.07, 6.45) is 1.41. The van der Waals surface area contributed by atoms with E-state index in [1.165, 1.54) is 12.1 Å². The van der Waals surface area contributed by atoms with Crippen LogP contribution in [0.1, 0.15) is 22.3 Å². The Balaban J connectivity index is 2.19. The summed E-state index contributed by atoms with van der Waals surface area (Å²) in [5, 5.41) is 0. The Morgan fingerprint density at radius 2 is 1.71 bits per heavy atom. The molecule has 3 rings (SSSR count). The van der Waals surface area contributed by atoms with Crippen LogP contribution in [0, 0.1) is 5.82 Å². The molecule has 0 spiro atoms. The molecule has 0 fully saturated rings. The van der Waals surface area contributed by atoms with Gasteiger partial charge in [0.25, 0.3) is 0 Å². The second kappa shape index (κ2) is 3.81. The Bertz CT molecular complexity index is 584. The molecule has 0 aliphatic heterocycles. The molecule has 1 aliphatic rings. The molecule has 1 aliphatic carbocycles. The van der Waals surface area contributed by atoms with Gasteiger partial charge in [0.1, 0.15) is 5.82 Å². The van der Waals surface area contributed by atoms with Gasteiger partial charge in [-0.15, -0.1) is 0 Å². The molecule has 0 radical (unpaired) electrons. The number of halogens is 1. The minimum absolute atomic E-state index is 0.194. The summed E-state index contributed by atoms with van der Waals surface area (Å²) < 4.78 is 12.9. The van der Waals surface area contributed by atoms with Crippen LogP contribution < -0.4 is 0 Å². The largest absolute Gasteiger partial charge is 0.294 e. The highest BCUT2D eigenvalue weighted by molar-refractivity contribution is 6.06. The smallest absolute Gasteiger partial charge is 0.164 e. The van der Waals surface area contributed by atoms with Gasteiger partial charge in [-0.1, -0.05) is 30.3 Å². The molecule has 0 amide bonds. The van der Waals surface area contributed by atoms with Crippen LogP contribution in [0.3, 0.4) is 0 Å². The lowest BCUT2D eigenvalue weighted by atomic mass is 9.96. The number of hydrogen-bond acceptors (Lipinski definition) is 1. The Morgan fingerprint density at radius 3 is 2.47 bits per heavy atom. The quantitative estimate of drug-likeness (QED) is 0.725. The van der Waals surface area contributed by atoms with Crippen LogP contribution in [-0.2, 0) is 6.42 Å². The predicted molar refractivity (Wildman–Crippen MR) is 64.5 cm³/mol. The minimum atomic E-state index is -0.257. The first-order chi connectivity index (χ1) is 8.25. The van der Waals surface area contributed by atoms with Crippen LogP contribution in [-0.4, -0.2) is 5.78 Å². The predicted octanol–water partition coefficient (Wildman–Crippen LogP) is 3.62. The molecule has 0 heterocycles. The maximum Gasteiger partial charge on any atom is 0.164 e. The van der Waals surface area contributed by atoms with E-state index in [0.29, 0.717) is 6.42 Å². The summed E-state index contributed by atoms with van der Waals surface area (Å²) in [6, 6.07) is 12.2. The Kier molecular flexibility index (Phi) is 2.29. The zero-order valence-corrected chi connectivity index (χ0v) is 9.24. The Morgan fingerprint density at radius 1 is 0.941 bits per heavy atom. The van der Waals surface area contributed by atoms with Crippen LogP contribution in [0.4, 0.5) is 4.39 Å². The molecular formula is C15H11FO. The van der Waals surface area contributed by atoms with Crippen molar-refractivity contribution in [2.75, 3.05) is 0 Å². The van der Waals surface area contributed by atoms with Crippen molar-refractivity contribution in [2.45, 2.75) is 12.8 Å². The molecule has 0 saturated heterocycles. The molecule has 0 atom stereocenters. The van der Waals surface area contributed by atoms with Gasteiger partial charge in [-0.2, -0.15) is 0 Å². The summed E-state index contributed by atoms with van der Waals surface area (Å²) in [6.45, 7) is 0. The monoisotopic (exact) mass is 226 g/mol. The van der Waals surface area contributed by atoms with Gasteiger partial charge < -0.3 is 0 Å². The summed E-state index contributed by atoms with van der Waals surface area (Å²) >= 11 is 0. The number of aryl methyl sites for hydroxylation is 1. The van der Waals surface area contributed by atoms with E-state index in [1.54, 1.807) is 12.1 Å². The maximum atomic E-state index is 12.9. The SMILES string of the molecule is O=C1CCc2cccc(-c3ccc(F)cc3)c21. The molecule has 2 aromatic rings. The first kappa shape index (κ1) is 10.2. The molecule has 2 heteroatoms. The lowest BCUT2D eigenvalue weighted by Gasteiger charge is -2.07. The second-order valence-electron chi connectivity index (χ2n) is 4.27. The first-order valence-corrected chi connectivity index (χ1v) is 5.67. The van der Waals surface area contributed by atoms with Crippen molar-refractivity contribution in [1.82, 2.24) is 0 Å². The number of hydrogen-bond donors (Lipinski definition) is 0. The molecule has 0 bridgehead atoms. The summed E-state index contributed by atoms with van der Waals surface area (Å²) in [7, 11) is 0. The van der Waals surface area contributed by atoms with Crippen LogP contribution in [0.15, 0.2) is 42.5 Å². The molecule has 0 N–H and O–H groups in total. The fourth-order valence-electron chi connectivity index (χ4n) is 2.38. The zero-order valence-electron chi connectivity index (χ0n) is 9.24. The van der Waals surface area contributed by atoms with E-state index in [1.807, 2.05) is 18.2 Å². The number of benzene rings is 2. The van der Waals surface area contributed by atoms with Crippen molar-refractivity contribution < 1.29 is 9.18 Å². The molecule has 17 heavy (non-hydrogen) atoms. The Hall–Kier alpha value is -1.96. The number of rotatable bonds is 1. The van der Waals surface area contributed by atoms with Crippen molar-refractivity contribution in [3.63, 3.8) is 0 Å². The lowest BCUT2D eigenvalue weighted by Crippen LogP contribution is -1.95. The second-order valence-corrected chi connectivity index (χ2v) is 4.27. The number of carbonyl (C=O) groups is 1. The van der Waals surface area contributed by atoms with Crippen LogP contribution in [0.5, 0.6) is 0 Å². The van der Waals surface area contributed by atoms with Crippen LogP contribution in [0.25, 0.3) is 11.1 Å². The summed E-state index contributed by atoms with van der Waals surface area (Å²) in [5.41, 5.74) is 3.75. The molecule has 0 unspecified atom stereocenters. The van der Waals surface area contributed by atoms with E-state index in [2.05, 4.69) is 0 Å². The number of carbonyl (C=O) groups excluding carboxylic acids is 1. The average Bonchev–Trinajstić information content (AvgIpc) is 2.73. The third-order valence-electron chi connectivity index (χ3n) is 3.21. The third-order valence-corrected chi connectivity index (χ3v) is 3.21. The van der Waals surface area contributed by atoms with Gasteiger partial charge in [-0.3, -0.25) is 4.79 Å². The highest BCUT2D eigenvalue weighted by Gasteiger charge is 2.22. The van der Waals surface area contributed by atoms with E-state index >= 15 is 0 Å². The van der Waals surface area contributed by atoms with Crippen molar-refractivity contribution >= 4 is 5.78 Å².